The van der Waals surface area contributed by atoms with Crippen molar-refractivity contribution in [2.24, 2.45) is 0 Å². The van der Waals surface area contributed by atoms with Gasteiger partial charge in [0.1, 0.15) is 13.2 Å². The third kappa shape index (κ3) is 6.29. The third-order valence-electron chi connectivity index (χ3n) is 7.00. The van der Waals surface area contributed by atoms with Crippen LogP contribution in [0.15, 0.2) is 84.9 Å². The molecular weight excluding hydrogens is 490 g/mol. The summed E-state index contributed by atoms with van der Waals surface area (Å²) in [6.45, 7) is 1.82. The highest BCUT2D eigenvalue weighted by Crippen LogP contribution is 2.41. The van der Waals surface area contributed by atoms with E-state index in [-0.39, 0.29) is 6.04 Å². The number of ether oxygens (including phenoxy) is 5. The lowest BCUT2D eigenvalue weighted by Gasteiger charge is -2.29. The van der Waals surface area contributed by atoms with E-state index in [9.17, 15) is 0 Å². The van der Waals surface area contributed by atoms with Crippen LogP contribution in [0.25, 0.3) is 0 Å². The molecular formula is C33H35NO5. The Hall–Kier alpha value is -4.16. The van der Waals surface area contributed by atoms with Gasteiger partial charge in [-0.3, -0.25) is 0 Å². The van der Waals surface area contributed by atoms with Gasteiger partial charge >= 0.3 is 0 Å². The summed E-state index contributed by atoms with van der Waals surface area (Å²) < 4.78 is 29.4. The minimum Gasteiger partial charge on any atom is -0.493 e. The molecule has 0 saturated heterocycles. The summed E-state index contributed by atoms with van der Waals surface area (Å²) in [7, 11) is 4.90. The second-order valence-electron chi connectivity index (χ2n) is 9.54. The molecule has 0 bridgehead atoms. The molecule has 5 rings (SSSR count). The fourth-order valence-corrected chi connectivity index (χ4v) is 5.02. The number of rotatable bonds is 11. The Morgan fingerprint density at radius 2 is 1.21 bits per heavy atom. The number of benzene rings is 4. The molecule has 0 radical (unpaired) electrons. The second kappa shape index (κ2) is 12.6. The molecule has 0 spiro atoms. The van der Waals surface area contributed by atoms with Gasteiger partial charge in [-0.25, -0.2) is 0 Å². The van der Waals surface area contributed by atoms with Gasteiger partial charge in [-0.15, -0.1) is 0 Å². The molecule has 0 fully saturated rings. The third-order valence-corrected chi connectivity index (χ3v) is 7.00. The minimum absolute atomic E-state index is 0.0961. The van der Waals surface area contributed by atoms with Gasteiger partial charge in [-0.05, 0) is 71.5 Å². The number of fused-ring (bicyclic) bond motifs is 1. The van der Waals surface area contributed by atoms with E-state index in [1.54, 1.807) is 21.3 Å². The molecule has 0 amide bonds. The number of nitrogens with one attached hydrogen (secondary N) is 1. The largest absolute Gasteiger partial charge is 0.493 e. The fourth-order valence-electron chi connectivity index (χ4n) is 5.02. The quantitative estimate of drug-likeness (QED) is 0.248. The first-order chi connectivity index (χ1) is 19.2. The lowest BCUT2D eigenvalue weighted by Crippen LogP contribution is -2.31. The average molecular weight is 526 g/mol. The summed E-state index contributed by atoms with van der Waals surface area (Å²) >= 11 is 0. The molecule has 1 N–H and O–H groups in total. The van der Waals surface area contributed by atoms with E-state index in [0.29, 0.717) is 30.5 Å². The van der Waals surface area contributed by atoms with Gasteiger partial charge in [0.2, 0.25) is 5.75 Å². The van der Waals surface area contributed by atoms with Crippen LogP contribution in [-0.2, 0) is 26.1 Å². The van der Waals surface area contributed by atoms with Crippen molar-refractivity contribution >= 4 is 0 Å². The zero-order valence-electron chi connectivity index (χ0n) is 22.7. The van der Waals surface area contributed by atoms with E-state index >= 15 is 0 Å². The normalized spacial score (nSPS) is 14.3. The van der Waals surface area contributed by atoms with E-state index in [0.717, 1.165) is 47.6 Å². The van der Waals surface area contributed by atoms with Gasteiger partial charge in [0.15, 0.2) is 23.0 Å². The van der Waals surface area contributed by atoms with Crippen molar-refractivity contribution in [3.8, 4) is 28.7 Å². The van der Waals surface area contributed by atoms with Crippen LogP contribution in [0.1, 0.15) is 33.9 Å². The Labute approximate surface area is 230 Å². The van der Waals surface area contributed by atoms with Crippen molar-refractivity contribution < 1.29 is 23.7 Å². The van der Waals surface area contributed by atoms with Crippen LogP contribution < -0.4 is 29.0 Å². The summed E-state index contributed by atoms with van der Waals surface area (Å²) in [6.07, 6.45) is 1.67. The topological polar surface area (TPSA) is 58.2 Å². The molecule has 4 aromatic carbocycles. The number of hydrogen-bond acceptors (Lipinski definition) is 6. The first kappa shape index (κ1) is 26.4. The smallest absolute Gasteiger partial charge is 0.203 e. The van der Waals surface area contributed by atoms with Crippen molar-refractivity contribution in [2.45, 2.75) is 32.1 Å². The number of methoxy groups -OCH3 is 3. The van der Waals surface area contributed by atoms with Crippen LogP contribution in [0.5, 0.6) is 28.7 Å². The Morgan fingerprint density at radius 3 is 1.74 bits per heavy atom. The lowest BCUT2D eigenvalue weighted by molar-refractivity contribution is 0.254. The molecule has 1 aliphatic heterocycles. The first-order valence-electron chi connectivity index (χ1n) is 13.2. The van der Waals surface area contributed by atoms with Gasteiger partial charge in [-0.1, -0.05) is 60.7 Å². The molecule has 4 aromatic rings. The molecule has 1 atom stereocenters. The summed E-state index contributed by atoms with van der Waals surface area (Å²) in [5.74, 6) is 3.41. The molecule has 1 unspecified atom stereocenters. The van der Waals surface area contributed by atoms with Gasteiger partial charge in [0, 0.05) is 6.04 Å². The standard InChI is InChI=1S/C33H35NO5/c1-35-31-17-25(18-32(36-2)33(31)37-3)16-28-27-20-30(39-22-24-12-8-5-9-13-24)29(19-26(27)14-15-34-28)38-21-23-10-6-4-7-11-23/h4-13,17-20,28,34H,14-16,21-22H2,1-3H3. The highest BCUT2D eigenvalue weighted by molar-refractivity contribution is 5.55. The van der Waals surface area contributed by atoms with Crippen LogP contribution >= 0.6 is 0 Å². The number of hydrogen-bond donors (Lipinski definition) is 1. The summed E-state index contributed by atoms with van der Waals surface area (Å²) in [6, 6.07) is 28.8. The van der Waals surface area contributed by atoms with Crippen molar-refractivity contribution in [1.29, 1.82) is 0 Å². The monoisotopic (exact) mass is 525 g/mol. The first-order valence-corrected chi connectivity index (χ1v) is 13.2. The zero-order valence-corrected chi connectivity index (χ0v) is 22.7. The van der Waals surface area contributed by atoms with Crippen LogP contribution in [0, 0.1) is 0 Å². The predicted octanol–water partition coefficient (Wildman–Crippen LogP) is 6.30. The van der Waals surface area contributed by atoms with Crippen LogP contribution in [-0.4, -0.2) is 27.9 Å². The minimum atomic E-state index is 0.0961. The van der Waals surface area contributed by atoms with Crippen molar-refractivity contribution in [3.05, 3.63) is 113 Å². The van der Waals surface area contributed by atoms with Gasteiger partial charge < -0.3 is 29.0 Å². The Kier molecular flexibility index (Phi) is 8.54. The van der Waals surface area contributed by atoms with E-state index in [1.165, 1.54) is 11.1 Å². The van der Waals surface area contributed by atoms with Crippen molar-refractivity contribution in [2.75, 3.05) is 27.9 Å². The van der Waals surface area contributed by atoms with Gasteiger partial charge in [-0.2, -0.15) is 0 Å². The Bertz CT molecular complexity index is 1350. The average Bonchev–Trinajstić information content (AvgIpc) is 2.99. The van der Waals surface area contributed by atoms with Crippen LogP contribution in [0.2, 0.25) is 0 Å². The maximum atomic E-state index is 6.37. The summed E-state index contributed by atoms with van der Waals surface area (Å²) in [5, 5.41) is 3.70. The van der Waals surface area contributed by atoms with Crippen molar-refractivity contribution in [1.82, 2.24) is 5.32 Å². The molecule has 202 valence electrons. The molecule has 6 heteroatoms. The zero-order chi connectivity index (χ0) is 27.0. The summed E-state index contributed by atoms with van der Waals surface area (Å²) in [4.78, 5) is 0. The van der Waals surface area contributed by atoms with E-state index in [2.05, 4.69) is 41.7 Å². The van der Waals surface area contributed by atoms with E-state index < -0.39 is 0 Å². The lowest BCUT2D eigenvalue weighted by atomic mass is 9.89. The predicted molar refractivity (Wildman–Crippen MR) is 152 cm³/mol. The van der Waals surface area contributed by atoms with E-state index in [1.807, 2.05) is 48.5 Å². The van der Waals surface area contributed by atoms with Gasteiger partial charge in [0.05, 0.1) is 21.3 Å². The summed E-state index contributed by atoms with van der Waals surface area (Å²) in [5.41, 5.74) is 5.79. The van der Waals surface area contributed by atoms with Crippen LogP contribution in [0.4, 0.5) is 0 Å². The van der Waals surface area contributed by atoms with E-state index in [4.69, 9.17) is 23.7 Å². The highest BCUT2D eigenvalue weighted by Gasteiger charge is 2.25. The molecule has 0 aromatic heterocycles. The maximum Gasteiger partial charge on any atom is 0.203 e. The molecule has 1 aliphatic rings. The van der Waals surface area contributed by atoms with Gasteiger partial charge in [0.25, 0.3) is 0 Å². The molecule has 0 aliphatic carbocycles. The second-order valence-corrected chi connectivity index (χ2v) is 9.54. The Morgan fingerprint density at radius 1 is 0.641 bits per heavy atom. The highest BCUT2D eigenvalue weighted by atomic mass is 16.5. The molecule has 0 saturated carbocycles. The molecule has 6 nitrogen and oxygen atoms in total. The fraction of sp³-hybridized carbons (Fsp3) is 0.273. The SMILES string of the molecule is COc1cc(CC2NCCc3cc(OCc4ccccc4)c(OCc4ccccc4)cc32)cc(OC)c1OC. The molecule has 1 heterocycles. The molecule has 39 heavy (non-hydrogen) atoms. The maximum absolute atomic E-state index is 6.37. The van der Waals surface area contributed by atoms with Crippen LogP contribution in [0.3, 0.4) is 0 Å². The Balaban J connectivity index is 1.45. The van der Waals surface area contributed by atoms with Crippen molar-refractivity contribution in [3.63, 3.8) is 0 Å².